The molecule has 0 saturated carbocycles. The first-order valence-corrected chi connectivity index (χ1v) is 8.08. The Balaban J connectivity index is 1.36. The smallest absolute Gasteiger partial charge is 0.181 e. The zero-order valence-electron chi connectivity index (χ0n) is 12.5. The van der Waals surface area contributed by atoms with Crippen LogP contribution in [0.25, 0.3) is 0 Å². The third kappa shape index (κ3) is 2.80. The Hall–Kier alpha value is -1.10. The van der Waals surface area contributed by atoms with Crippen LogP contribution in [0.4, 0.5) is 0 Å². The van der Waals surface area contributed by atoms with Crippen molar-refractivity contribution in [1.82, 2.24) is 4.90 Å². The second-order valence-corrected chi connectivity index (χ2v) is 6.28. The van der Waals surface area contributed by atoms with Crippen LogP contribution in [-0.4, -0.2) is 50.1 Å². The van der Waals surface area contributed by atoms with Crippen LogP contribution in [0.3, 0.4) is 0 Å². The molecule has 4 nitrogen and oxygen atoms in total. The largest absolute Gasteiger partial charge is 0.493 e. The molecule has 0 radical (unpaired) electrons. The van der Waals surface area contributed by atoms with Gasteiger partial charge in [-0.25, -0.2) is 0 Å². The minimum atomic E-state index is -0.302. The van der Waals surface area contributed by atoms with Crippen LogP contribution in [0.5, 0.6) is 5.75 Å². The number of hydrogen-bond donors (Lipinski definition) is 0. The summed E-state index contributed by atoms with van der Waals surface area (Å²) < 4.78 is 17.3. The third-order valence-electron chi connectivity index (χ3n) is 4.78. The van der Waals surface area contributed by atoms with Gasteiger partial charge in [-0.2, -0.15) is 0 Å². The average Bonchev–Trinajstić information content (AvgIpc) is 3.14. The first-order chi connectivity index (χ1) is 10.3. The molecule has 2 saturated heterocycles. The van der Waals surface area contributed by atoms with Gasteiger partial charge in [-0.15, -0.1) is 0 Å². The Labute approximate surface area is 126 Å². The van der Waals surface area contributed by atoms with Crippen LogP contribution < -0.4 is 4.74 Å². The van der Waals surface area contributed by atoms with Gasteiger partial charge in [-0.05, 0) is 36.6 Å². The Morgan fingerprint density at radius 3 is 2.95 bits per heavy atom. The highest BCUT2D eigenvalue weighted by Crippen LogP contribution is 2.30. The molecule has 4 heteroatoms. The van der Waals surface area contributed by atoms with Crippen molar-refractivity contribution in [3.05, 3.63) is 29.3 Å². The number of fused-ring (bicyclic) bond motifs is 1. The van der Waals surface area contributed by atoms with E-state index in [1.165, 1.54) is 11.1 Å². The van der Waals surface area contributed by atoms with Crippen molar-refractivity contribution in [3.63, 3.8) is 0 Å². The van der Waals surface area contributed by atoms with Gasteiger partial charge < -0.3 is 14.2 Å². The zero-order chi connectivity index (χ0) is 14.1. The summed E-state index contributed by atoms with van der Waals surface area (Å²) in [5, 5.41) is 0. The number of benzene rings is 1. The molecule has 0 unspecified atom stereocenters. The monoisotopic (exact) mass is 289 g/mol. The first-order valence-electron chi connectivity index (χ1n) is 8.08. The lowest BCUT2D eigenvalue weighted by Gasteiger charge is -2.38. The summed E-state index contributed by atoms with van der Waals surface area (Å²) in [5.41, 5.74) is 2.78. The summed E-state index contributed by atoms with van der Waals surface area (Å²) in [6.45, 7) is 5.48. The highest BCUT2D eigenvalue weighted by Gasteiger charge is 2.40. The van der Waals surface area contributed by atoms with Gasteiger partial charge in [0.05, 0.1) is 26.4 Å². The zero-order valence-corrected chi connectivity index (χ0v) is 12.5. The van der Waals surface area contributed by atoms with Crippen molar-refractivity contribution in [2.45, 2.75) is 31.5 Å². The van der Waals surface area contributed by atoms with Gasteiger partial charge in [0.2, 0.25) is 0 Å². The van der Waals surface area contributed by atoms with Crippen LogP contribution in [0, 0.1) is 0 Å². The minimum Gasteiger partial charge on any atom is -0.493 e. The van der Waals surface area contributed by atoms with Gasteiger partial charge in [0.15, 0.2) is 5.79 Å². The van der Waals surface area contributed by atoms with Crippen LogP contribution in [0.1, 0.15) is 24.0 Å². The molecule has 0 bridgehead atoms. The van der Waals surface area contributed by atoms with Crippen LogP contribution >= 0.6 is 0 Å². The van der Waals surface area contributed by atoms with E-state index in [-0.39, 0.29) is 5.79 Å². The van der Waals surface area contributed by atoms with Crippen molar-refractivity contribution in [2.24, 2.45) is 0 Å². The topological polar surface area (TPSA) is 30.9 Å². The number of ether oxygens (including phenoxy) is 3. The normalized spacial score (nSPS) is 24.2. The Morgan fingerprint density at radius 1 is 1.14 bits per heavy atom. The Bertz CT molecular complexity index is 511. The van der Waals surface area contributed by atoms with Crippen molar-refractivity contribution in [3.8, 4) is 5.75 Å². The number of likely N-dealkylation sites (tertiary alicyclic amines) is 1. The predicted molar refractivity (Wildman–Crippen MR) is 79.7 cm³/mol. The highest BCUT2D eigenvalue weighted by molar-refractivity contribution is 5.39. The molecule has 4 rings (SSSR count). The highest BCUT2D eigenvalue weighted by atomic mass is 16.7. The lowest BCUT2D eigenvalue weighted by atomic mass is 10.0. The molecule has 0 aliphatic carbocycles. The van der Waals surface area contributed by atoms with Gasteiger partial charge in [-0.3, -0.25) is 4.90 Å². The van der Waals surface area contributed by atoms with E-state index < -0.39 is 0 Å². The van der Waals surface area contributed by atoms with E-state index in [2.05, 4.69) is 23.1 Å². The van der Waals surface area contributed by atoms with Gasteiger partial charge in [0.25, 0.3) is 0 Å². The Morgan fingerprint density at radius 2 is 2.05 bits per heavy atom. The molecule has 2 fully saturated rings. The Kier molecular flexibility index (Phi) is 3.61. The molecular formula is C17H23NO3. The molecule has 1 aromatic rings. The van der Waals surface area contributed by atoms with Crippen molar-refractivity contribution in [1.29, 1.82) is 0 Å². The standard InChI is InChI=1S/C17H23NO3/c1-6-17(20-10-11-21-17)13-18(7-1)8-4-14-2-3-16-15(12-14)5-9-19-16/h2-3,12H,1,4-11,13H2. The van der Waals surface area contributed by atoms with E-state index >= 15 is 0 Å². The maximum atomic E-state index is 5.84. The fraction of sp³-hybridized carbons (Fsp3) is 0.647. The number of hydrogen-bond acceptors (Lipinski definition) is 4. The van der Waals surface area contributed by atoms with Gasteiger partial charge in [0.1, 0.15) is 5.75 Å². The molecule has 1 aromatic carbocycles. The molecule has 21 heavy (non-hydrogen) atoms. The van der Waals surface area contributed by atoms with E-state index in [0.717, 1.165) is 70.9 Å². The van der Waals surface area contributed by atoms with E-state index in [0.29, 0.717) is 0 Å². The molecule has 0 N–H and O–H groups in total. The van der Waals surface area contributed by atoms with Crippen molar-refractivity contribution in [2.75, 3.05) is 39.5 Å². The molecular weight excluding hydrogens is 266 g/mol. The van der Waals surface area contributed by atoms with Gasteiger partial charge >= 0.3 is 0 Å². The number of rotatable bonds is 3. The van der Waals surface area contributed by atoms with E-state index in [1.54, 1.807) is 0 Å². The molecule has 3 aliphatic heterocycles. The summed E-state index contributed by atoms with van der Waals surface area (Å²) in [7, 11) is 0. The molecule has 3 heterocycles. The maximum absolute atomic E-state index is 5.84. The van der Waals surface area contributed by atoms with Crippen molar-refractivity contribution >= 4 is 0 Å². The molecule has 0 amide bonds. The lowest BCUT2D eigenvalue weighted by Crippen LogP contribution is -2.49. The second kappa shape index (κ2) is 5.59. The fourth-order valence-electron chi connectivity index (χ4n) is 3.68. The van der Waals surface area contributed by atoms with Gasteiger partial charge in [-0.1, -0.05) is 12.1 Å². The maximum Gasteiger partial charge on any atom is 0.181 e. The summed E-state index contributed by atoms with van der Waals surface area (Å²) in [6.07, 6.45) is 4.35. The molecule has 0 atom stereocenters. The van der Waals surface area contributed by atoms with Crippen LogP contribution in [0.2, 0.25) is 0 Å². The molecule has 0 aromatic heterocycles. The summed E-state index contributed by atoms with van der Waals surface area (Å²) in [6, 6.07) is 6.63. The fourth-order valence-corrected chi connectivity index (χ4v) is 3.68. The summed E-state index contributed by atoms with van der Waals surface area (Å²) in [4.78, 5) is 2.48. The van der Waals surface area contributed by atoms with E-state index in [1.807, 2.05) is 0 Å². The summed E-state index contributed by atoms with van der Waals surface area (Å²) in [5.74, 6) is 0.771. The van der Waals surface area contributed by atoms with Crippen molar-refractivity contribution < 1.29 is 14.2 Å². The molecule has 3 aliphatic rings. The van der Waals surface area contributed by atoms with Crippen LogP contribution in [0.15, 0.2) is 18.2 Å². The number of nitrogens with zero attached hydrogens (tertiary/aromatic N) is 1. The predicted octanol–water partition coefficient (Wildman–Crippen LogP) is 2.00. The first kappa shape index (κ1) is 13.6. The minimum absolute atomic E-state index is 0.302. The lowest BCUT2D eigenvalue weighted by molar-refractivity contribution is -0.189. The van der Waals surface area contributed by atoms with Crippen LogP contribution in [-0.2, 0) is 22.3 Å². The molecule has 114 valence electrons. The molecule has 1 spiro atoms. The average molecular weight is 289 g/mol. The number of piperidine rings is 1. The van der Waals surface area contributed by atoms with Gasteiger partial charge in [0, 0.05) is 19.4 Å². The van der Waals surface area contributed by atoms with E-state index in [4.69, 9.17) is 14.2 Å². The quantitative estimate of drug-likeness (QED) is 0.851. The van der Waals surface area contributed by atoms with E-state index in [9.17, 15) is 0 Å². The summed E-state index contributed by atoms with van der Waals surface area (Å²) >= 11 is 0. The SMILES string of the molecule is c1cc2c(cc1CCN1CCCC3(C1)OCCO3)CCO2. The second-order valence-electron chi connectivity index (χ2n) is 6.28. The third-order valence-corrected chi connectivity index (χ3v) is 4.78.